The van der Waals surface area contributed by atoms with Crippen LogP contribution in [0.15, 0.2) is 30.3 Å². The molecule has 6 nitrogen and oxygen atoms in total. The molecule has 1 N–H and O–H groups in total. The summed E-state index contributed by atoms with van der Waals surface area (Å²) in [5, 5.41) is 8.83. The predicted molar refractivity (Wildman–Crippen MR) is 74.5 cm³/mol. The molecule has 114 valence electrons. The minimum absolute atomic E-state index is 0.0765. The maximum Gasteiger partial charge on any atom is 0.407 e. The van der Waals surface area contributed by atoms with Crippen LogP contribution in [0.2, 0.25) is 0 Å². The fraction of sp³-hybridized carbons (Fsp3) is 0.467. The van der Waals surface area contributed by atoms with Crippen molar-refractivity contribution < 1.29 is 24.2 Å². The van der Waals surface area contributed by atoms with Gasteiger partial charge in [-0.15, -0.1) is 0 Å². The monoisotopic (exact) mass is 293 g/mol. The summed E-state index contributed by atoms with van der Waals surface area (Å²) in [6, 6.07) is 9.63. The summed E-state index contributed by atoms with van der Waals surface area (Å²) in [5.74, 6) is -0.547. The Morgan fingerprint density at radius 3 is 2.48 bits per heavy atom. The summed E-state index contributed by atoms with van der Waals surface area (Å²) >= 11 is 0. The summed E-state index contributed by atoms with van der Waals surface area (Å²) < 4.78 is 10.4. The zero-order valence-electron chi connectivity index (χ0n) is 11.7. The van der Waals surface area contributed by atoms with E-state index < -0.39 is 6.09 Å². The molecular formula is C15H19NO5. The molecule has 21 heavy (non-hydrogen) atoms. The Bertz CT molecular complexity index is 468. The Kier molecular flexibility index (Phi) is 5.57. The Labute approximate surface area is 123 Å². The van der Waals surface area contributed by atoms with Crippen LogP contribution < -0.4 is 0 Å². The summed E-state index contributed by atoms with van der Waals surface area (Å²) in [5.41, 5.74) is 1.02. The molecule has 1 saturated heterocycles. The molecule has 0 radical (unpaired) electrons. The van der Waals surface area contributed by atoms with Gasteiger partial charge in [-0.05, 0) is 18.4 Å². The molecule has 0 aliphatic carbocycles. The highest BCUT2D eigenvalue weighted by molar-refractivity contribution is 5.73. The van der Waals surface area contributed by atoms with Crippen LogP contribution in [-0.2, 0) is 20.9 Å². The average molecular weight is 293 g/mol. The first-order valence-electron chi connectivity index (χ1n) is 6.93. The molecule has 1 heterocycles. The number of nitrogens with zero attached hydrogens (tertiary/aromatic N) is 1. The number of hydrogen-bond donors (Lipinski definition) is 1. The third kappa shape index (κ3) is 4.75. The van der Waals surface area contributed by atoms with Gasteiger partial charge in [0.25, 0.3) is 0 Å². The van der Waals surface area contributed by atoms with Crippen LogP contribution in [0.1, 0.15) is 18.4 Å². The van der Waals surface area contributed by atoms with Crippen LogP contribution in [0.4, 0.5) is 4.79 Å². The van der Waals surface area contributed by atoms with E-state index in [0.29, 0.717) is 32.5 Å². The third-order valence-corrected chi connectivity index (χ3v) is 3.49. The van der Waals surface area contributed by atoms with Crippen molar-refractivity contribution in [2.24, 2.45) is 5.92 Å². The molecule has 1 aromatic rings. The number of carbonyl (C=O) groups excluding carboxylic acids is 1. The molecule has 1 aromatic carbocycles. The van der Waals surface area contributed by atoms with Crippen molar-refractivity contribution in [3.63, 3.8) is 0 Å². The number of likely N-dealkylation sites (tertiary alicyclic amines) is 1. The zero-order valence-corrected chi connectivity index (χ0v) is 11.7. The van der Waals surface area contributed by atoms with Gasteiger partial charge in [-0.1, -0.05) is 30.3 Å². The van der Waals surface area contributed by atoms with Crippen molar-refractivity contribution in [3.8, 4) is 0 Å². The van der Waals surface area contributed by atoms with Crippen molar-refractivity contribution in [1.29, 1.82) is 0 Å². The van der Waals surface area contributed by atoms with Crippen LogP contribution >= 0.6 is 0 Å². The first kappa shape index (κ1) is 15.3. The van der Waals surface area contributed by atoms with Gasteiger partial charge in [0.2, 0.25) is 0 Å². The molecule has 0 bridgehead atoms. The van der Waals surface area contributed by atoms with E-state index in [1.807, 2.05) is 30.3 Å². The minimum atomic E-state index is -0.937. The molecule has 1 aliphatic heterocycles. The van der Waals surface area contributed by atoms with Gasteiger partial charge in [-0.3, -0.25) is 4.79 Å². The Morgan fingerprint density at radius 2 is 1.86 bits per heavy atom. The van der Waals surface area contributed by atoms with Crippen molar-refractivity contribution in [1.82, 2.24) is 4.90 Å². The highest BCUT2D eigenvalue weighted by Crippen LogP contribution is 2.18. The molecule has 6 heteroatoms. The maximum absolute atomic E-state index is 11.8. The third-order valence-electron chi connectivity index (χ3n) is 3.49. The van der Waals surface area contributed by atoms with E-state index in [2.05, 4.69) is 0 Å². The van der Waals surface area contributed by atoms with Gasteiger partial charge >= 0.3 is 12.1 Å². The predicted octanol–water partition coefficient (Wildman–Crippen LogP) is 2.09. The minimum Gasteiger partial charge on any atom is -0.465 e. The fourth-order valence-corrected chi connectivity index (χ4v) is 2.26. The van der Waals surface area contributed by atoms with E-state index in [9.17, 15) is 9.59 Å². The Balaban J connectivity index is 1.63. The molecule has 0 spiro atoms. The van der Waals surface area contributed by atoms with Gasteiger partial charge in [0.15, 0.2) is 6.79 Å². The lowest BCUT2D eigenvalue weighted by molar-refractivity contribution is -0.163. The number of piperidine rings is 1. The van der Waals surface area contributed by atoms with Gasteiger partial charge in [0.1, 0.15) is 0 Å². The SMILES string of the molecule is O=C(OCOCc1ccccc1)C1CCN(C(=O)O)CC1. The topological polar surface area (TPSA) is 76.1 Å². The number of rotatable bonds is 5. The molecule has 2 rings (SSSR count). The summed E-state index contributed by atoms with van der Waals surface area (Å²) in [6.45, 7) is 1.07. The van der Waals surface area contributed by atoms with Crippen molar-refractivity contribution in [2.75, 3.05) is 19.9 Å². The number of esters is 1. The fourth-order valence-electron chi connectivity index (χ4n) is 2.26. The molecule has 1 fully saturated rings. The molecule has 1 aliphatic rings. The van der Waals surface area contributed by atoms with Gasteiger partial charge in [-0.25, -0.2) is 4.79 Å². The second kappa shape index (κ2) is 7.64. The van der Waals surface area contributed by atoms with Crippen LogP contribution in [-0.4, -0.2) is 42.0 Å². The smallest absolute Gasteiger partial charge is 0.407 e. The van der Waals surface area contributed by atoms with E-state index in [0.717, 1.165) is 5.56 Å². The average Bonchev–Trinajstić information content (AvgIpc) is 2.52. The van der Waals surface area contributed by atoms with Gasteiger partial charge in [0.05, 0.1) is 12.5 Å². The number of ether oxygens (including phenoxy) is 2. The lowest BCUT2D eigenvalue weighted by atomic mass is 9.97. The van der Waals surface area contributed by atoms with Gasteiger partial charge < -0.3 is 19.5 Å². The highest BCUT2D eigenvalue weighted by Gasteiger charge is 2.28. The Morgan fingerprint density at radius 1 is 1.19 bits per heavy atom. The van der Waals surface area contributed by atoms with Crippen molar-refractivity contribution in [2.45, 2.75) is 19.4 Å². The first-order chi connectivity index (χ1) is 10.2. The number of amides is 1. The largest absolute Gasteiger partial charge is 0.465 e. The van der Waals surface area contributed by atoms with E-state index >= 15 is 0 Å². The summed E-state index contributed by atoms with van der Waals surface area (Å²) in [4.78, 5) is 23.9. The van der Waals surface area contributed by atoms with Crippen LogP contribution in [0.25, 0.3) is 0 Å². The molecule has 0 aromatic heterocycles. The number of carboxylic acid groups (broad SMARTS) is 1. The zero-order chi connectivity index (χ0) is 15.1. The van der Waals surface area contributed by atoms with Gasteiger partial charge in [-0.2, -0.15) is 0 Å². The number of hydrogen-bond acceptors (Lipinski definition) is 4. The van der Waals surface area contributed by atoms with E-state index in [-0.39, 0.29) is 18.7 Å². The van der Waals surface area contributed by atoms with Crippen molar-refractivity contribution in [3.05, 3.63) is 35.9 Å². The standard InChI is InChI=1S/C15H19NO5/c17-14(13-6-8-16(9-7-13)15(18)19)21-11-20-10-12-4-2-1-3-5-12/h1-5,13H,6-11H2,(H,18,19). The molecular weight excluding hydrogens is 274 g/mol. The summed E-state index contributed by atoms with van der Waals surface area (Å²) in [6.07, 6.45) is 0.0706. The highest BCUT2D eigenvalue weighted by atomic mass is 16.7. The summed E-state index contributed by atoms with van der Waals surface area (Å²) in [7, 11) is 0. The quantitative estimate of drug-likeness (QED) is 0.511. The maximum atomic E-state index is 11.8. The molecule has 0 unspecified atom stereocenters. The van der Waals surface area contributed by atoms with E-state index in [1.54, 1.807) is 0 Å². The normalized spacial score (nSPS) is 15.7. The first-order valence-corrected chi connectivity index (χ1v) is 6.93. The second-order valence-corrected chi connectivity index (χ2v) is 4.96. The number of carbonyl (C=O) groups is 2. The van der Waals surface area contributed by atoms with Crippen molar-refractivity contribution >= 4 is 12.1 Å². The lowest BCUT2D eigenvalue weighted by Gasteiger charge is -2.28. The molecule has 0 atom stereocenters. The lowest BCUT2D eigenvalue weighted by Crippen LogP contribution is -2.39. The van der Waals surface area contributed by atoms with Crippen LogP contribution in [0, 0.1) is 5.92 Å². The second-order valence-electron chi connectivity index (χ2n) is 4.96. The number of benzene rings is 1. The van der Waals surface area contributed by atoms with E-state index in [4.69, 9.17) is 14.6 Å². The van der Waals surface area contributed by atoms with Gasteiger partial charge in [0, 0.05) is 13.1 Å². The van der Waals surface area contributed by atoms with Crippen LogP contribution in [0.3, 0.4) is 0 Å². The molecule has 1 amide bonds. The van der Waals surface area contributed by atoms with Crippen LogP contribution in [0.5, 0.6) is 0 Å². The molecule has 0 saturated carbocycles. The van der Waals surface area contributed by atoms with E-state index in [1.165, 1.54) is 4.90 Å². The Hall–Kier alpha value is -2.08.